The number of halogens is 1. The Balaban J connectivity index is 1.61. The summed E-state index contributed by atoms with van der Waals surface area (Å²) in [6.07, 6.45) is 4.51. The van der Waals surface area contributed by atoms with Crippen molar-refractivity contribution in [1.82, 2.24) is 5.32 Å². The standard InChI is InChI=1S/C16H22BrNO3/c17-12-7-9-13(10-8-12)21-11-3-6-16(20)18-14-4-1-2-5-15(14)19/h7-10,14-15,19H,1-6,11H2,(H,18,20)/t14-,15-/m0/s1. The molecule has 2 atom stereocenters. The van der Waals surface area contributed by atoms with Gasteiger partial charge in [0.05, 0.1) is 18.8 Å². The van der Waals surface area contributed by atoms with E-state index in [9.17, 15) is 9.90 Å². The van der Waals surface area contributed by atoms with Gasteiger partial charge in [-0.15, -0.1) is 0 Å². The summed E-state index contributed by atoms with van der Waals surface area (Å²) in [6.45, 7) is 0.516. The fourth-order valence-corrected chi connectivity index (χ4v) is 2.78. The number of hydrogen-bond acceptors (Lipinski definition) is 3. The lowest BCUT2D eigenvalue weighted by atomic mass is 9.92. The maximum absolute atomic E-state index is 11.8. The molecule has 1 fully saturated rings. The predicted octanol–water partition coefficient (Wildman–Crippen LogP) is 3.03. The van der Waals surface area contributed by atoms with Gasteiger partial charge in [-0.25, -0.2) is 0 Å². The van der Waals surface area contributed by atoms with Crippen molar-refractivity contribution in [2.45, 2.75) is 50.7 Å². The molecule has 0 heterocycles. The normalized spacial score (nSPS) is 21.8. The van der Waals surface area contributed by atoms with Crippen molar-refractivity contribution >= 4 is 21.8 Å². The Kier molecular flexibility index (Phi) is 6.51. The molecule has 1 saturated carbocycles. The molecule has 0 saturated heterocycles. The summed E-state index contributed by atoms with van der Waals surface area (Å²) in [5.74, 6) is 0.807. The number of amides is 1. The van der Waals surface area contributed by atoms with E-state index >= 15 is 0 Å². The van der Waals surface area contributed by atoms with Crippen LogP contribution in [0, 0.1) is 0 Å². The second-order valence-electron chi connectivity index (χ2n) is 5.43. The highest BCUT2D eigenvalue weighted by Crippen LogP contribution is 2.19. The maximum atomic E-state index is 11.8. The minimum atomic E-state index is -0.387. The minimum absolute atomic E-state index is 0.000330. The zero-order chi connectivity index (χ0) is 15.1. The van der Waals surface area contributed by atoms with Crippen LogP contribution >= 0.6 is 15.9 Å². The van der Waals surface area contributed by atoms with E-state index in [1.807, 2.05) is 24.3 Å². The molecule has 116 valence electrons. The van der Waals surface area contributed by atoms with Gasteiger partial charge in [0.1, 0.15) is 5.75 Å². The van der Waals surface area contributed by atoms with E-state index in [1.165, 1.54) is 0 Å². The fourth-order valence-electron chi connectivity index (χ4n) is 2.51. The summed E-state index contributed by atoms with van der Waals surface area (Å²) in [6, 6.07) is 7.56. The minimum Gasteiger partial charge on any atom is -0.494 e. The van der Waals surface area contributed by atoms with Gasteiger partial charge in [0.25, 0.3) is 0 Å². The molecule has 0 radical (unpaired) electrons. The highest BCUT2D eigenvalue weighted by atomic mass is 79.9. The van der Waals surface area contributed by atoms with E-state index in [0.29, 0.717) is 19.4 Å². The Morgan fingerprint density at radius 3 is 2.71 bits per heavy atom. The second-order valence-corrected chi connectivity index (χ2v) is 6.35. The average Bonchev–Trinajstić information content (AvgIpc) is 2.48. The van der Waals surface area contributed by atoms with E-state index in [4.69, 9.17) is 4.74 Å². The molecule has 0 bridgehead atoms. The van der Waals surface area contributed by atoms with Gasteiger partial charge in [-0.1, -0.05) is 28.8 Å². The molecule has 0 spiro atoms. The summed E-state index contributed by atoms with van der Waals surface area (Å²) < 4.78 is 6.59. The van der Waals surface area contributed by atoms with Crippen molar-refractivity contribution in [2.75, 3.05) is 6.61 Å². The second kappa shape index (κ2) is 8.39. The topological polar surface area (TPSA) is 58.6 Å². The Labute approximate surface area is 134 Å². The van der Waals surface area contributed by atoms with Crippen LogP contribution in [-0.2, 0) is 4.79 Å². The maximum Gasteiger partial charge on any atom is 0.220 e. The van der Waals surface area contributed by atoms with Gasteiger partial charge >= 0.3 is 0 Å². The number of benzene rings is 1. The van der Waals surface area contributed by atoms with Gasteiger partial charge < -0.3 is 15.2 Å². The predicted molar refractivity (Wildman–Crippen MR) is 85.3 cm³/mol. The number of carbonyl (C=O) groups is 1. The van der Waals surface area contributed by atoms with Gasteiger partial charge in [0.2, 0.25) is 5.91 Å². The van der Waals surface area contributed by atoms with E-state index in [1.54, 1.807) is 0 Å². The number of hydrogen-bond donors (Lipinski definition) is 2. The number of nitrogens with one attached hydrogen (secondary N) is 1. The molecule has 2 N–H and O–H groups in total. The lowest BCUT2D eigenvalue weighted by molar-refractivity contribution is -0.123. The summed E-state index contributed by atoms with van der Waals surface area (Å²) in [4.78, 5) is 11.8. The zero-order valence-corrected chi connectivity index (χ0v) is 13.6. The highest BCUT2D eigenvalue weighted by Gasteiger charge is 2.24. The summed E-state index contributed by atoms with van der Waals surface area (Å²) in [5.41, 5.74) is 0. The molecule has 5 heteroatoms. The van der Waals surface area contributed by atoms with E-state index in [2.05, 4.69) is 21.2 Å². The molecule has 1 aromatic rings. The molecule has 1 aliphatic rings. The number of carbonyl (C=O) groups excluding carboxylic acids is 1. The van der Waals surface area contributed by atoms with Crippen LogP contribution < -0.4 is 10.1 Å². The lowest BCUT2D eigenvalue weighted by Gasteiger charge is -2.28. The molecule has 1 aromatic carbocycles. The first-order chi connectivity index (χ1) is 10.1. The van der Waals surface area contributed by atoms with Crippen molar-refractivity contribution in [3.05, 3.63) is 28.7 Å². The molecule has 0 aliphatic heterocycles. The molecule has 21 heavy (non-hydrogen) atoms. The van der Waals surface area contributed by atoms with E-state index in [-0.39, 0.29) is 18.1 Å². The third-order valence-electron chi connectivity index (χ3n) is 3.71. The van der Waals surface area contributed by atoms with Crippen LogP contribution in [-0.4, -0.2) is 29.8 Å². The van der Waals surface area contributed by atoms with Gasteiger partial charge in [-0.05, 0) is 43.5 Å². The first-order valence-electron chi connectivity index (χ1n) is 7.51. The van der Waals surface area contributed by atoms with Crippen molar-refractivity contribution in [1.29, 1.82) is 0 Å². The number of rotatable bonds is 6. The van der Waals surface area contributed by atoms with Gasteiger partial charge in [-0.2, -0.15) is 0 Å². The Bertz CT molecular complexity index is 449. The fraction of sp³-hybridized carbons (Fsp3) is 0.562. The first-order valence-corrected chi connectivity index (χ1v) is 8.30. The Morgan fingerprint density at radius 2 is 2.00 bits per heavy atom. The largest absolute Gasteiger partial charge is 0.494 e. The van der Waals surface area contributed by atoms with Gasteiger partial charge in [-0.3, -0.25) is 4.79 Å². The van der Waals surface area contributed by atoms with Crippen LogP contribution in [0.2, 0.25) is 0 Å². The highest BCUT2D eigenvalue weighted by molar-refractivity contribution is 9.10. The number of aliphatic hydroxyl groups is 1. The number of ether oxygens (including phenoxy) is 1. The molecule has 4 nitrogen and oxygen atoms in total. The van der Waals surface area contributed by atoms with Crippen LogP contribution in [0.4, 0.5) is 0 Å². The first kappa shape index (κ1) is 16.3. The van der Waals surface area contributed by atoms with E-state index < -0.39 is 0 Å². The van der Waals surface area contributed by atoms with Crippen LogP contribution in [0.15, 0.2) is 28.7 Å². The Hall–Kier alpha value is -1.07. The van der Waals surface area contributed by atoms with Crippen LogP contribution in [0.3, 0.4) is 0 Å². The Morgan fingerprint density at radius 1 is 1.29 bits per heavy atom. The third-order valence-corrected chi connectivity index (χ3v) is 4.24. The summed E-state index contributed by atoms with van der Waals surface area (Å²) in [7, 11) is 0. The molecule has 0 aromatic heterocycles. The molecule has 0 unspecified atom stereocenters. The molecule has 1 amide bonds. The van der Waals surface area contributed by atoms with Gasteiger partial charge in [0, 0.05) is 10.9 Å². The van der Waals surface area contributed by atoms with Gasteiger partial charge in [0.15, 0.2) is 0 Å². The summed E-state index contributed by atoms with van der Waals surface area (Å²) in [5, 5.41) is 12.7. The molecular weight excluding hydrogens is 334 g/mol. The lowest BCUT2D eigenvalue weighted by Crippen LogP contribution is -2.45. The SMILES string of the molecule is O=C(CCCOc1ccc(Br)cc1)N[C@H]1CCCC[C@@H]1O. The summed E-state index contributed by atoms with van der Waals surface area (Å²) >= 11 is 3.37. The van der Waals surface area contributed by atoms with Crippen molar-refractivity contribution in [2.24, 2.45) is 0 Å². The van der Waals surface area contributed by atoms with Crippen LogP contribution in [0.25, 0.3) is 0 Å². The quantitative estimate of drug-likeness (QED) is 0.771. The smallest absolute Gasteiger partial charge is 0.220 e. The van der Waals surface area contributed by atoms with E-state index in [0.717, 1.165) is 35.9 Å². The monoisotopic (exact) mass is 355 g/mol. The molecular formula is C16H22BrNO3. The van der Waals surface area contributed by atoms with Crippen molar-refractivity contribution in [3.63, 3.8) is 0 Å². The van der Waals surface area contributed by atoms with Crippen LogP contribution in [0.5, 0.6) is 5.75 Å². The average molecular weight is 356 g/mol. The van der Waals surface area contributed by atoms with Crippen molar-refractivity contribution in [3.8, 4) is 5.75 Å². The molecule has 1 aliphatic carbocycles. The molecule has 2 rings (SSSR count). The van der Waals surface area contributed by atoms with Crippen molar-refractivity contribution < 1.29 is 14.6 Å². The zero-order valence-electron chi connectivity index (χ0n) is 12.1. The number of aliphatic hydroxyl groups excluding tert-OH is 1. The third kappa shape index (κ3) is 5.67. The van der Waals surface area contributed by atoms with Crippen LogP contribution in [0.1, 0.15) is 38.5 Å².